The number of esters is 1. The molecule has 0 fully saturated rings. The van der Waals surface area contributed by atoms with Crippen molar-refractivity contribution in [3.05, 3.63) is 64.8 Å². The summed E-state index contributed by atoms with van der Waals surface area (Å²) in [6.07, 6.45) is 1.64. The van der Waals surface area contributed by atoms with E-state index in [-0.39, 0.29) is 11.9 Å². The largest absolute Gasteiger partial charge is 0.462 e. The number of amides is 1. The molecule has 0 spiro atoms. The summed E-state index contributed by atoms with van der Waals surface area (Å²) in [6, 6.07) is 11.9. The fourth-order valence-corrected chi connectivity index (χ4v) is 2.56. The molecule has 24 heavy (non-hydrogen) atoms. The Morgan fingerprint density at radius 2 is 1.92 bits per heavy atom. The van der Waals surface area contributed by atoms with Crippen LogP contribution in [0.15, 0.2) is 48.7 Å². The van der Waals surface area contributed by atoms with Crippen LogP contribution in [0.3, 0.4) is 0 Å². The van der Waals surface area contributed by atoms with Crippen LogP contribution >= 0.6 is 11.6 Å². The van der Waals surface area contributed by atoms with Crippen LogP contribution in [0.1, 0.15) is 27.6 Å². The second-order valence-electron chi connectivity index (χ2n) is 5.14. The number of halogens is 1. The van der Waals surface area contributed by atoms with Gasteiger partial charge in [-0.25, -0.2) is 4.79 Å². The molecule has 3 rings (SSSR count). The van der Waals surface area contributed by atoms with Gasteiger partial charge in [0.2, 0.25) is 0 Å². The molecule has 1 heterocycles. The second-order valence-corrected chi connectivity index (χ2v) is 5.58. The van der Waals surface area contributed by atoms with Gasteiger partial charge in [0, 0.05) is 27.8 Å². The highest BCUT2D eigenvalue weighted by molar-refractivity contribution is 6.31. The topological polar surface area (TPSA) is 71.2 Å². The number of anilines is 1. The van der Waals surface area contributed by atoms with Crippen LogP contribution in [-0.4, -0.2) is 23.5 Å². The van der Waals surface area contributed by atoms with Crippen LogP contribution in [0.2, 0.25) is 5.02 Å². The Morgan fingerprint density at radius 3 is 2.62 bits per heavy atom. The van der Waals surface area contributed by atoms with Crippen LogP contribution in [0.5, 0.6) is 0 Å². The average molecular weight is 343 g/mol. The second kappa shape index (κ2) is 6.76. The molecule has 0 saturated heterocycles. The molecule has 0 atom stereocenters. The maximum atomic E-state index is 12.5. The lowest BCUT2D eigenvalue weighted by atomic mass is 10.1. The monoisotopic (exact) mass is 342 g/mol. The molecule has 0 radical (unpaired) electrons. The number of aromatic nitrogens is 1. The average Bonchev–Trinajstić information content (AvgIpc) is 2.98. The number of benzene rings is 2. The molecule has 0 unspecified atom stereocenters. The zero-order valence-electron chi connectivity index (χ0n) is 12.9. The normalized spacial score (nSPS) is 10.6. The summed E-state index contributed by atoms with van der Waals surface area (Å²) < 4.78 is 4.92. The van der Waals surface area contributed by atoms with Crippen LogP contribution in [0.4, 0.5) is 5.69 Å². The number of hydrogen-bond donors (Lipinski definition) is 2. The molecule has 6 heteroatoms. The minimum Gasteiger partial charge on any atom is -0.462 e. The van der Waals surface area contributed by atoms with Crippen molar-refractivity contribution in [1.82, 2.24) is 4.98 Å². The Balaban J connectivity index is 1.79. The third-order valence-electron chi connectivity index (χ3n) is 3.54. The Hall–Kier alpha value is -2.79. The number of rotatable bonds is 4. The van der Waals surface area contributed by atoms with Gasteiger partial charge in [0.15, 0.2) is 0 Å². The lowest BCUT2D eigenvalue weighted by Gasteiger charge is -2.06. The Labute approximate surface area is 143 Å². The van der Waals surface area contributed by atoms with E-state index in [2.05, 4.69) is 10.3 Å². The molecule has 2 N–H and O–H groups in total. The van der Waals surface area contributed by atoms with Gasteiger partial charge in [0.1, 0.15) is 0 Å². The first-order chi connectivity index (χ1) is 11.6. The lowest BCUT2D eigenvalue weighted by molar-refractivity contribution is 0.0526. The van der Waals surface area contributed by atoms with Crippen molar-refractivity contribution in [3.63, 3.8) is 0 Å². The van der Waals surface area contributed by atoms with E-state index in [9.17, 15) is 9.59 Å². The number of H-pyrrole nitrogens is 1. The van der Waals surface area contributed by atoms with E-state index in [0.29, 0.717) is 28.4 Å². The summed E-state index contributed by atoms with van der Waals surface area (Å²) in [5.41, 5.74) is 2.36. The highest BCUT2D eigenvalue weighted by Gasteiger charge is 2.13. The summed E-state index contributed by atoms with van der Waals surface area (Å²) >= 11 is 6.00. The van der Waals surface area contributed by atoms with Crippen molar-refractivity contribution in [2.45, 2.75) is 6.92 Å². The quantitative estimate of drug-likeness (QED) is 0.696. The van der Waals surface area contributed by atoms with E-state index >= 15 is 0 Å². The van der Waals surface area contributed by atoms with Gasteiger partial charge in [0.25, 0.3) is 5.91 Å². The Kier molecular flexibility index (Phi) is 4.53. The lowest BCUT2D eigenvalue weighted by Crippen LogP contribution is -2.11. The smallest absolute Gasteiger partial charge is 0.338 e. The van der Waals surface area contributed by atoms with Crippen molar-refractivity contribution in [2.75, 3.05) is 11.9 Å². The summed E-state index contributed by atoms with van der Waals surface area (Å²) in [6.45, 7) is 2.07. The number of carbonyl (C=O) groups is 2. The number of hydrogen-bond acceptors (Lipinski definition) is 3. The minimum atomic E-state index is -0.387. The third kappa shape index (κ3) is 3.26. The molecule has 122 valence electrons. The predicted octanol–water partition coefficient (Wildman–Crippen LogP) is 4.25. The molecule has 0 bridgehead atoms. The SMILES string of the molecule is CCOC(=O)c1ccc(NC(=O)c2c[nH]c3ccc(Cl)cc23)cc1. The van der Waals surface area contributed by atoms with Crippen molar-refractivity contribution >= 4 is 40.1 Å². The predicted molar refractivity (Wildman–Crippen MR) is 93.7 cm³/mol. The van der Waals surface area contributed by atoms with E-state index in [1.54, 1.807) is 49.5 Å². The highest BCUT2D eigenvalue weighted by Crippen LogP contribution is 2.23. The van der Waals surface area contributed by atoms with Gasteiger partial charge in [-0.2, -0.15) is 0 Å². The van der Waals surface area contributed by atoms with Crippen molar-refractivity contribution in [3.8, 4) is 0 Å². The zero-order valence-corrected chi connectivity index (χ0v) is 13.7. The Bertz CT molecular complexity index is 900. The van der Waals surface area contributed by atoms with Crippen molar-refractivity contribution in [2.24, 2.45) is 0 Å². The van der Waals surface area contributed by atoms with E-state index in [1.165, 1.54) is 0 Å². The van der Waals surface area contributed by atoms with E-state index in [1.807, 2.05) is 6.07 Å². The fourth-order valence-electron chi connectivity index (χ4n) is 2.38. The van der Waals surface area contributed by atoms with Gasteiger partial charge >= 0.3 is 5.97 Å². The number of aromatic amines is 1. The molecule has 5 nitrogen and oxygen atoms in total. The number of fused-ring (bicyclic) bond motifs is 1. The first-order valence-corrected chi connectivity index (χ1v) is 7.81. The maximum Gasteiger partial charge on any atom is 0.338 e. The van der Waals surface area contributed by atoms with E-state index in [0.717, 1.165) is 10.9 Å². The summed E-state index contributed by atoms with van der Waals surface area (Å²) in [5, 5.41) is 4.12. The molecule has 0 aliphatic heterocycles. The summed E-state index contributed by atoms with van der Waals surface area (Å²) in [4.78, 5) is 27.1. The molecule has 0 aliphatic rings. The van der Waals surface area contributed by atoms with Crippen LogP contribution in [0, 0.1) is 0 Å². The molecule has 1 amide bonds. The minimum absolute atomic E-state index is 0.257. The van der Waals surface area contributed by atoms with Gasteiger partial charge in [0.05, 0.1) is 17.7 Å². The number of nitrogens with one attached hydrogen (secondary N) is 2. The van der Waals surface area contributed by atoms with Gasteiger partial charge in [-0.1, -0.05) is 11.6 Å². The first kappa shape index (κ1) is 16.1. The zero-order chi connectivity index (χ0) is 17.1. The van der Waals surface area contributed by atoms with Gasteiger partial charge in [-0.3, -0.25) is 4.79 Å². The molecular formula is C18H15ClN2O3. The first-order valence-electron chi connectivity index (χ1n) is 7.43. The summed E-state index contributed by atoms with van der Waals surface area (Å²) in [7, 11) is 0. The van der Waals surface area contributed by atoms with Crippen molar-refractivity contribution in [1.29, 1.82) is 0 Å². The van der Waals surface area contributed by atoms with Crippen LogP contribution < -0.4 is 5.32 Å². The highest BCUT2D eigenvalue weighted by atomic mass is 35.5. The third-order valence-corrected chi connectivity index (χ3v) is 3.78. The Morgan fingerprint density at radius 1 is 1.17 bits per heavy atom. The van der Waals surface area contributed by atoms with Crippen LogP contribution in [0.25, 0.3) is 10.9 Å². The van der Waals surface area contributed by atoms with E-state index in [4.69, 9.17) is 16.3 Å². The molecule has 0 saturated carbocycles. The summed E-state index contributed by atoms with van der Waals surface area (Å²) in [5.74, 6) is -0.644. The van der Waals surface area contributed by atoms with Crippen molar-refractivity contribution < 1.29 is 14.3 Å². The van der Waals surface area contributed by atoms with E-state index < -0.39 is 0 Å². The fraction of sp³-hybridized carbons (Fsp3) is 0.111. The molecule has 2 aromatic carbocycles. The maximum absolute atomic E-state index is 12.5. The number of ether oxygens (including phenoxy) is 1. The van der Waals surface area contributed by atoms with Crippen LogP contribution in [-0.2, 0) is 4.74 Å². The van der Waals surface area contributed by atoms with Gasteiger partial charge in [-0.05, 0) is 49.4 Å². The number of carbonyl (C=O) groups excluding carboxylic acids is 2. The van der Waals surface area contributed by atoms with Gasteiger partial charge < -0.3 is 15.0 Å². The molecule has 0 aliphatic carbocycles. The molecule has 1 aromatic heterocycles. The van der Waals surface area contributed by atoms with Gasteiger partial charge in [-0.15, -0.1) is 0 Å². The molecular weight excluding hydrogens is 328 g/mol. The standard InChI is InChI=1S/C18H15ClN2O3/c1-2-24-18(23)11-3-6-13(7-4-11)21-17(22)15-10-20-16-8-5-12(19)9-14(15)16/h3-10,20H,2H2,1H3,(H,21,22). The molecule has 3 aromatic rings.